The Morgan fingerprint density at radius 2 is 1.22 bits per heavy atom. The molecule has 3 rings (SSSR count). The van der Waals surface area contributed by atoms with E-state index in [-0.39, 0.29) is 0 Å². The van der Waals surface area contributed by atoms with Crippen LogP contribution < -0.4 is 5.32 Å². The molecule has 0 unspecified atom stereocenters. The third-order valence-electron chi connectivity index (χ3n) is 6.48. The van der Waals surface area contributed by atoms with Crippen molar-refractivity contribution in [2.24, 2.45) is 0 Å². The van der Waals surface area contributed by atoms with Crippen LogP contribution in [0.2, 0.25) is 0 Å². The summed E-state index contributed by atoms with van der Waals surface area (Å²) in [7, 11) is 0. The number of rotatable bonds is 8. The maximum absolute atomic E-state index is 11.7. The summed E-state index contributed by atoms with van der Waals surface area (Å²) in [5, 5.41) is 103. The lowest BCUT2D eigenvalue weighted by Crippen LogP contribution is -2.68. The van der Waals surface area contributed by atoms with Crippen LogP contribution in [-0.4, -0.2) is 169 Å². The number of amides is 1. The van der Waals surface area contributed by atoms with Crippen molar-refractivity contribution < 1.29 is 79.5 Å². The van der Waals surface area contributed by atoms with Crippen LogP contribution in [0.1, 0.15) is 6.92 Å². The number of ether oxygens (including phenoxy) is 5. The normalized spacial score (nSPS) is 49.0. The van der Waals surface area contributed by atoms with E-state index in [4.69, 9.17) is 23.7 Å². The Bertz CT molecular complexity index is 743. The molecule has 216 valence electrons. The first-order valence-corrected chi connectivity index (χ1v) is 11.6. The fourth-order valence-electron chi connectivity index (χ4n) is 4.35. The van der Waals surface area contributed by atoms with Gasteiger partial charge >= 0.3 is 0 Å². The van der Waals surface area contributed by atoms with Crippen LogP contribution >= 0.6 is 0 Å². The zero-order valence-corrected chi connectivity index (χ0v) is 19.7. The fourth-order valence-corrected chi connectivity index (χ4v) is 4.35. The Balaban J connectivity index is 1.74. The van der Waals surface area contributed by atoms with Crippen LogP contribution in [0.4, 0.5) is 0 Å². The van der Waals surface area contributed by atoms with Crippen molar-refractivity contribution in [1.82, 2.24) is 5.32 Å². The molecule has 3 saturated heterocycles. The molecular weight excluding hydrogens is 510 g/mol. The molecule has 3 fully saturated rings. The second kappa shape index (κ2) is 12.8. The van der Waals surface area contributed by atoms with Gasteiger partial charge < -0.3 is 80.1 Å². The van der Waals surface area contributed by atoms with E-state index in [0.717, 1.165) is 6.92 Å². The maximum atomic E-state index is 11.7. The van der Waals surface area contributed by atoms with E-state index < -0.39 is 118 Å². The van der Waals surface area contributed by atoms with Crippen molar-refractivity contribution in [1.29, 1.82) is 0 Å². The lowest BCUT2D eigenvalue weighted by molar-refractivity contribution is -0.348. The number of carbonyl (C=O) groups excluding carboxylic acids is 1. The summed E-state index contributed by atoms with van der Waals surface area (Å²) in [5.74, 6) is -0.654. The third kappa shape index (κ3) is 6.55. The molecule has 0 aromatic carbocycles. The van der Waals surface area contributed by atoms with Gasteiger partial charge in [-0.2, -0.15) is 0 Å². The van der Waals surface area contributed by atoms with Gasteiger partial charge in [-0.1, -0.05) is 0 Å². The predicted octanol–water partition coefficient (Wildman–Crippen LogP) is -7.43. The number of nitrogens with one attached hydrogen (secondary N) is 1. The summed E-state index contributed by atoms with van der Waals surface area (Å²) < 4.78 is 26.8. The number of hydrogen-bond donors (Lipinski definition) is 11. The van der Waals surface area contributed by atoms with Gasteiger partial charge in [-0.05, 0) is 0 Å². The summed E-state index contributed by atoms with van der Waals surface area (Å²) in [5.41, 5.74) is 0. The molecule has 0 bridgehead atoms. The number of carbonyl (C=O) groups is 1. The van der Waals surface area contributed by atoms with Crippen LogP contribution in [0.5, 0.6) is 0 Å². The SMILES string of the molecule is CC(=O)N[C@@H]1[C@@H](O[C@@H]2O[C@H](CO)[C@H](O)[C@H](O)[C@H]2O)[C@H](O)[C@@H](CO[C@@H]2O[C@H](CO)[C@H](O)[C@H](O)[C@H]2O)O[C@H]1O. The Morgan fingerprint density at radius 1 is 0.703 bits per heavy atom. The summed E-state index contributed by atoms with van der Waals surface area (Å²) >= 11 is 0. The molecule has 0 aromatic heterocycles. The number of aliphatic hydroxyl groups is 10. The first-order valence-electron chi connectivity index (χ1n) is 11.6. The minimum absolute atomic E-state index is 0.609. The van der Waals surface area contributed by atoms with Crippen LogP contribution in [0.15, 0.2) is 0 Å². The quantitative estimate of drug-likeness (QED) is 0.135. The molecule has 3 aliphatic heterocycles. The van der Waals surface area contributed by atoms with Crippen molar-refractivity contribution in [2.75, 3.05) is 19.8 Å². The lowest BCUT2D eigenvalue weighted by atomic mass is 9.95. The third-order valence-corrected chi connectivity index (χ3v) is 6.48. The highest BCUT2D eigenvalue weighted by Crippen LogP contribution is 2.30. The summed E-state index contributed by atoms with van der Waals surface area (Å²) in [6.07, 6.45) is -22.9. The molecule has 11 N–H and O–H groups in total. The van der Waals surface area contributed by atoms with Crippen molar-refractivity contribution in [3.8, 4) is 0 Å². The van der Waals surface area contributed by atoms with Gasteiger partial charge in [0.2, 0.25) is 5.91 Å². The first-order chi connectivity index (χ1) is 17.4. The van der Waals surface area contributed by atoms with Gasteiger partial charge in [-0.3, -0.25) is 4.79 Å². The van der Waals surface area contributed by atoms with Gasteiger partial charge in [-0.15, -0.1) is 0 Å². The van der Waals surface area contributed by atoms with E-state index in [1.807, 2.05) is 0 Å². The molecule has 17 nitrogen and oxygen atoms in total. The van der Waals surface area contributed by atoms with E-state index >= 15 is 0 Å². The molecule has 0 aliphatic carbocycles. The molecule has 17 heteroatoms. The van der Waals surface area contributed by atoms with Gasteiger partial charge in [0.05, 0.1) is 19.8 Å². The number of hydrogen-bond acceptors (Lipinski definition) is 16. The maximum Gasteiger partial charge on any atom is 0.217 e. The van der Waals surface area contributed by atoms with Crippen LogP contribution in [0, 0.1) is 0 Å². The highest BCUT2D eigenvalue weighted by Gasteiger charge is 2.52. The fraction of sp³-hybridized carbons (Fsp3) is 0.950. The zero-order chi connectivity index (χ0) is 27.6. The topological polar surface area (TPSA) is 278 Å². The molecule has 15 atom stereocenters. The molecule has 3 aliphatic rings. The van der Waals surface area contributed by atoms with Crippen molar-refractivity contribution in [3.05, 3.63) is 0 Å². The van der Waals surface area contributed by atoms with Gasteiger partial charge in [0.1, 0.15) is 73.2 Å². The summed E-state index contributed by atoms with van der Waals surface area (Å²) in [6, 6.07) is -1.43. The minimum atomic E-state index is -1.85. The predicted molar refractivity (Wildman–Crippen MR) is 113 cm³/mol. The molecule has 1 amide bonds. The van der Waals surface area contributed by atoms with Gasteiger partial charge in [0.25, 0.3) is 0 Å². The molecule has 0 aromatic rings. The summed E-state index contributed by atoms with van der Waals surface area (Å²) in [6.45, 7) is -0.964. The largest absolute Gasteiger partial charge is 0.394 e. The van der Waals surface area contributed by atoms with Gasteiger partial charge in [0.15, 0.2) is 18.9 Å². The second-order valence-corrected chi connectivity index (χ2v) is 9.11. The van der Waals surface area contributed by atoms with Crippen LogP contribution in [0.25, 0.3) is 0 Å². The average molecular weight is 545 g/mol. The van der Waals surface area contributed by atoms with E-state index in [9.17, 15) is 55.9 Å². The lowest BCUT2D eigenvalue weighted by Gasteiger charge is -2.47. The monoisotopic (exact) mass is 545 g/mol. The zero-order valence-electron chi connectivity index (χ0n) is 19.7. The van der Waals surface area contributed by atoms with E-state index in [1.54, 1.807) is 0 Å². The Hall–Kier alpha value is -1.13. The van der Waals surface area contributed by atoms with Crippen LogP contribution in [0.3, 0.4) is 0 Å². The molecular formula is C20H35NO16. The molecule has 0 spiro atoms. The average Bonchev–Trinajstić information content (AvgIpc) is 2.86. The first kappa shape index (κ1) is 30.4. The second-order valence-electron chi connectivity index (χ2n) is 9.11. The van der Waals surface area contributed by atoms with Crippen LogP contribution in [-0.2, 0) is 28.5 Å². The highest BCUT2D eigenvalue weighted by atomic mass is 16.7. The Kier molecular flexibility index (Phi) is 10.5. The van der Waals surface area contributed by atoms with Gasteiger partial charge in [0, 0.05) is 6.92 Å². The van der Waals surface area contributed by atoms with Gasteiger partial charge in [-0.25, -0.2) is 0 Å². The Labute approximate surface area is 210 Å². The molecule has 0 saturated carbocycles. The standard InChI is InChI=1S/C20H35NO16/c1-5(24)21-9-17(37-20-16(31)14(29)11(26)7(3-23)36-20)12(27)8(34-18(9)32)4-33-19-15(30)13(28)10(25)6(2-22)35-19/h6-20,22-23,25-32H,2-4H2,1H3,(H,21,24)/t6-,7-,8-,9-,10+,11+,12-,13+,14+,15-,16-,17-,18-,19-,20+/m1/s1. The minimum Gasteiger partial charge on any atom is -0.394 e. The van der Waals surface area contributed by atoms with Crippen molar-refractivity contribution >= 4 is 5.91 Å². The molecule has 3 heterocycles. The van der Waals surface area contributed by atoms with Crippen molar-refractivity contribution in [2.45, 2.75) is 99.0 Å². The molecule has 37 heavy (non-hydrogen) atoms. The summed E-state index contributed by atoms with van der Waals surface area (Å²) in [4.78, 5) is 11.7. The number of aliphatic hydroxyl groups excluding tert-OH is 10. The smallest absolute Gasteiger partial charge is 0.217 e. The Morgan fingerprint density at radius 3 is 1.73 bits per heavy atom. The highest BCUT2D eigenvalue weighted by molar-refractivity contribution is 5.73. The van der Waals surface area contributed by atoms with E-state index in [2.05, 4.69) is 5.32 Å². The van der Waals surface area contributed by atoms with E-state index in [1.165, 1.54) is 0 Å². The van der Waals surface area contributed by atoms with E-state index in [0.29, 0.717) is 0 Å². The van der Waals surface area contributed by atoms with Crippen molar-refractivity contribution in [3.63, 3.8) is 0 Å². The molecule has 0 radical (unpaired) electrons.